The second-order valence-electron chi connectivity index (χ2n) is 8.75. The summed E-state index contributed by atoms with van der Waals surface area (Å²) in [6, 6.07) is 33.0. The molecule has 5 aromatic rings. The van der Waals surface area contributed by atoms with E-state index in [0.717, 1.165) is 21.3 Å². The van der Waals surface area contributed by atoms with Crippen molar-refractivity contribution >= 4 is 39.8 Å². The monoisotopic (exact) mass is 627 g/mol. The third-order valence-electron chi connectivity index (χ3n) is 5.91. The minimum absolute atomic E-state index is 0.0987. The summed E-state index contributed by atoms with van der Waals surface area (Å²) in [5, 5.41) is 13.6. The number of hydrogen-bond acceptors (Lipinski definition) is 7. The van der Waals surface area contributed by atoms with Crippen LogP contribution >= 0.6 is 27.7 Å². The van der Waals surface area contributed by atoms with Crippen molar-refractivity contribution in [2.24, 2.45) is 5.10 Å². The number of methoxy groups -OCH3 is 1. The topological polar surface area (TPSA) is 90.6 Å². The van der Waals surface area contributed by atoms with Crippen molar-refractivity contribution in [1.29, 1.82) is 0 Å². The lowest BCUT2D eigenvalue weighted by atomic mass is 10.2. The van der Waals surface area contributed by atoms with Crippen LogP contribution in [-0.2, 0) is 11.4 Å². The number of carbonyl (C=O) groups is 1. The van der Waals surface area contributed by atoms with Gasteiger partial charge in [-0.25, -0.2) is 5.43 Å². The van der Waals surface area contributed by atoms with Crippen molar-refractivity contribution in [3.05, 3.63) is 119 Å². The number of carbonyl (C=O) groups excluding carboxylic acids is 1. The molecule has 1 amide bonds. The third kappa shape index (κ3) is 7.41. The molecule has 0 saturated carbocycles. The number of hydrazone groups is 1. The Balaban J connectivity index is 1.26. The maximum Gasteiger partial charge on any atom is 0.250 e. The molecule has 0 saturated heterocycles. The Labute approximate surface area is 250 Å². The first-order valence-corrected chi connectivity index (χ1v) is 14.4. The summed E-state index contributed by atoms with van der Waals surface area (Å²) in [4.78, 5) is 12.7. The summed E-state index contributed by atoms with van der Waals surface area (Å²) in [6.45, 7) is 0.378. The Kier molecular flexibility index (Phi) is 9.45. The molecule has 0 spiro atoms. The highest BCUT2D eigenvalue weighted by molar-refractivity contribution is 9.10. The number of halogens is 1. The minimum atomic E-state index is -0.283. The molecule has 0 aliphatic heterocycles. The van der Waals surface area contributed by atoms with Gasteiger partial charge < -0.3 is 9.47 Å². The third-order valence-corrected chi connectivity index (χ3v) is 7.33. The van der Waals surface area contributed by atoms with Crippen LogP contribution < -0.4 is 14.9 Å². The molecule has 0 bridgehead atoms. The first-order valence-electron chi connectivity index (χ1n) is 12.7. The van der Waals surface area contributed by atoms with Crippen molar-refractivity contribution < 1.29 is 14.3 Å². The summed E-state index contributed by atoms with van der Waals surface area (Å²) in [5.74, 6) is 1.78. The molecule has 8 nitrogen and oxygen atoms in total. The largest absolute Gasteiger partial charge is 0.497 e. The number of thioether (sulfide) groups is 1. The van der Waals surface area contributed by atoms with E-state index in [4.69, 9.17) is 9.47 Å². The highest BCUT2D eigenvalue weighted by Crippen LogP contribution is 2.28. The first-order chi connectivity index (χ1) is 20.1. The Morgan fingerprint density at radius 1 is 0.976 bits per heavy atom. The Hall–Kier alpha value is -4.41. The molecule has 10 heteroatoms. The number of benzene rings is 4. The lowest BCUT2D eigenvalue weighted by molar-refractivity contribution is -0.118. The molecule has 0 aliphatic carbocycles. The molecular weight excluding hydrogens is 602 g/mol. The minimum Gasteiger partial charge on any atom is -0.497 e. The van der Waals surface area contributed by atoms with Gasteiger partial charge in [0.1, 0.15) is 18.1 Å². The van der Waals surface area contributed by atoms with E-state index in [1.165, 1.54) is 11.8 Å². The van der Waals surface area contributed by atoms with Gasteiger partial charge in [0.15, 0.2) is 11.0 Å². The molecule has 41 heavy (non-hydrogen) atoms. The Morgan fingerprint density at radius 3 is 2.51 bits per heavy atom. The van der Waals surface area contributed by atoms with Crippen molar-refractivity contribution in [3.8, 4) is 28.6 Å². The Bertz CT molecular complexity index is 1640. The fraction of sp³-hybridized carbons (Fsp3) is 0.0968. The van der Waals surface area contributed by atoms with Crippen molar-refractivity contribution in [2.75, 3.05) is 12.9 Å². The Morgan fingerprint density at radius 2 is 1.76 bits per heavy atom. The van der Waals surface area contributed by atoms with E-state index in [-0.39, 0.29) is 11.7 Å². The fourth-order valence-electron chi connectivity index (χ4n) is 3.96. The average Bonchev–Trinajstić information content (AvgIpc) is 3.44. The van der Waals surface area contributed by atoms with Crippen LogP contribution in [0, 0.1) is 0 Å². The van der Waals surface area contributed by atoms with Gasteiger partial charge in [-0.2, -0.15) is 5.10 Å². The molecule has 0 fully saturated rings. The molecule has 0 unspecified atom stereocenters. The zero-order chi connectivity index (χ0) is 28.4. The van der Waals surface area contributed by atoms with Gasteiger partial charge in [-0.15, -0.1) is 10.2 Å². The zero-order valence-corrected chi connectivity index (χ0v) is 24.5. The average molecular weight is 629 g/mol. The second-order valence-corrected chi connectivity index (χ2v) is 10.6. The fourth-order valence-corrected chi connectivity index (χ4v) is 5.15. The molecule has 1 N–H and O–H groups in total. The number of nitrogens with zero attached hydrogens (tertiary/aromatic N) is 4. The van der Waals surface area contributed by atoms with E-state index < -0.39 is 0 Å². The van der Waals surface area contributed by atoms with Crippen molar-refractivity contribution in [3.63, 3.8) is 0 Å². The summed E-state index contributed by atoms with van der Waals surface area (Å²) < 4.78 is 14.3. The van der Waals surface area contributed by atoms with Crippen LogP contribution in [0.3, 0.4) is 0 Å². The number of para-hydroxylation sites is 1. The molecule has 5 rings (SSSR count). The SMILES string of the molecule is COc1ccc(OCc2cccc(Br)c2)c(/C=N/NC(=O)CSc2nnc(-c3ccccc3)n2-c2ccccc2)c1. The number of hydrogen-bond donors (Lipinski definition) is 1. The molecule has 0 radical (unpaired) electrons. The molecule has 1 aromatic heterocycles. The number of nitrogens with one attached hydrogen (secondary N) is 1. The van der Waals surface area contributed by atoms with Crippen molar-refractivity contribution in [2.45, 2.75) is 11.8 Å². The van der Waals surface area contributed by atoms with Crippen LogP contribution in [0.25, 0.3) is 17.1 Å². The summed E-state index contributed by atoms with van der Waals surface area (Å²) >= 11 is 4.76. The van der Waals surface area contributed by atoms with Crippen LogP contribution in [0.15, 0.2) is 118 Å². The number of aromatic nitrogens is 3. The quantitative estimate of drug-likeness (QED) is 0.102. The van der Waals surface area contributed by atoms with Crippen LogP contribution in [-0.4, -0.2) is 39.7 Å². The van der Waals surface area contributed by atoms with Gasteiger partial charge in [-0.1, -0.05) is 88.4 Å². The van der Waals surface area contributed by atoms with Crippen molar-refractivity contribution in [1.82, 2.24) is 20.2 Å². The van der Waals surface area contributed by atoms with Crippen LogP contribution in [0.4, 0.5) is 0 Å². The van der Waals surface area contributed by atoms with Gasteiger partial charge >= 0.3 is 0 Å². The smallest absolute Gasteiger partial charge is 0.250 e. The maximum atomic E-state index is 12.7. The molecule has 206 valence electrons. The molecule has 0 atom stereocenters. The zero-order valence-electron chi connectivity index (χ0n) is 22.1. The predicted octanol–water partition coefficient (Wildman–Crippen LogP) is 6.53. The van der Waals surface area contributed by atoms with E-state index in [2.05, 4.69) is 36.7 Å². The lowest BCUT2D eigenvalue weighted by Gasteiger charge is -2.11. The van der Waals surface area contributed by atoms with Crippen LogP contribution in [0.5, 0.6) is 11.5 Å². The highest BCUT2D eigenvalue weighted by atomic mass is 79.9. The van der Waals surface area contributed by atoms with E-state index in [1.807, 2.05) is 102 Å². The van der Waals surface area contributed by atoms with Gasteiger partial charge in [0.2, 0.25) is 0 Å². The maximum absolute atomic E-state index is 12.7. The number of amides is 1. The van der Waals surface area contributed by atoms with Crippen LogP contribution in [0.1, 0.15) is 11.1 Å². The van der Waals surface area contributed by atoms with Crippen LogP contribution in [0.2, 0.25) is 0 Å². The first kappa shape index (κ1) is 28.1. The molecule has 1 heterocycles. The van der Waals surface area contributed by atoms with Gasteiger partial charge in [0.05, 0.1) is 19.1 Å². The van der Waals surface area contributed by atoms with Gasteiger partial charge in [-0.05, 0) is 48.0 Å². The molecular formula is C31H26BrN5O3S. The van der Waals surface area contributed by atoms with Gasteiger partial charge in [0.25, 0.3) is 5.91 Å². The normalized spacial score (nSPS) is 11.0. The van der Waals surface area contributed by atoms with Gasteiger partial charge in [0, 0.05) is 21.3 Å². The summed E-state index contributed by atoms with van der Waals surface area (Å²) in [6.07, 6.45) is 1.54. The second kappa shape index (κ2) is 13.8. The molecule has 4 aromatic carbocycles. The van der Waals surface area contributed by atoms with Gasteiger partial charge in [-0.3, -0.25) is 9.36 Å². The molecule has 0 aliphatic rings. The lowest BCUT2D eigenvalue weighted by Crippen LogP contribution is -2.20. The van der Waals surface area contributed by atoms with E-state index in [0.29, 0.717) is 34.7 Å². The highest BCUT2D eigenvalue weighted by Gasteiger charge is 2.17. The summed E-state index contributed by atoms with van der Waals surface area (Å²) in [5.41, 5.74) is 6.12. The standard InChI is InChI=1S/C31H26BrN5O3S/c1-39-27-15-16-28(40-20-22-9-8-12-25(32)17-22)24(18-27)19-33-34-29(38)21-41-31-36-35-30(23-10-4-2-5-11-23)37(31)26-13-6-3-7-14-26/h2-19H,20-21H2,1H3,(H,34,38)/b33-19+. The number of rotatable bonds is 11. The predicted molar refractivity (Wildman–Crippen MR) is 165 cm³/mol. The summed E-state index contributed by atoms with van der Waals surface area (Å²) in [7, 11) is 1.59. The van der Waals surface area contributed by atoms with E-state index in [9.17, 15) is 4.79 Å². The number of ether oxygens (including phenoxy) is 2. The van der Waals surface area contributed by atoms with E-state index in [1.54, 1.807) is 19.4 Å². The van der Waals surface area contributed by atoms with E-state index >= 15 is 0 Å².